The Morgan fingerprint density at radius 3 is 2.59 bits per heavy atom. The molecule has 0 aliphatic heterocycles. The van der Waals surface area contributed by atoms with Crippen LogP contribution in [0.3, 0.4) is 0 Å². The van der Waals surface area contributed by atoms with Crippen molar-refractivity contribution in [3.05, 3.63) is 88.3 Å². The standard InChI is InChI=1S/C19H15F2N3O3/c20-13-6-7-16(15(21)12-13)22-19(26)17-8-9-18(25)24(23-17)10-11-27-14-4-2-1-3-5-14/h1-9,12H,10-11H2,(H,22,26). The number of benzene rings is 2. The predicted octanol–water partition coefficient (Wildman–Crippen LogP) is 2.85. The normalized spacial score (nSPS) is 10.4. The number of hydrogen-bond donors (Lipinski definition) is 1. The SMILES string of the molecule is O=C(Nc1ccc(F)cc1F)c1ccc(=O)n(CCOc2ccccc2)n1. The maximum atomic E-state index is 13.7. The van der Waals surface area contributed by atoms with E-state index in [4.69, 9.17) is 4.74 Å². The van der Waals surface area contributed by atoms with Gasteiger partial charge in [-0.3, -0.25) is 9.59 Å². The number of aromatic nitrogens is 2. The van der Waals surface area contributed by atoms with Crippen molar-refractivity contribution in [1.29, 1.82) is 0 Å². The zero-order chi connectivity index (χ0) is 19.2. The molecule has 8 heteroatoms. The monoisotopic (exact) mass is 371 g/mol. The van der Waals surface area contributed by atoms with Crippen molar-refractivity contribution in [2.24, 2.45) is 0 Å². The maximum Gasteiger partial charge on any atom is 0.276 e. The molecule has 1 N–H and O–H groups in total. The lowest BCUT2D eigenvalue weighted by Crippen LogP contribution is -2.28. The Hall–Kier alpha value is -3.55. The minimum absolute atomic E-state index is 0.0852. The van der Waals surface area contributed by atoms with E-state index in [1.165, 1.54) is 12.1 Å². The molecule has 0 saturated heterocycles. The van der Waals surface area contributed by atoms with Gasteiger partial charge in [0, 0.05) is 12.1 Å². The second-order valence-corrected chi connectivity index (χ2v) is 5.52. The Balaban J connectivity index is 1.68. The number of anilines is 1. The Labute approximate surface area is 153 Å². The van der Waals surface area contributed by atoms with Gasteiger partial charge in [0.05, 0.1) is 12.2 Å². The number of para-hydroxylation sites is 1. The molecule has 1 amide bonds. The highest BCUT2D eigenvalue weighted by Crippen LogP contribution is 2.15. The minimum Gasteiger partial charge on any atom is -0.492 e. The Morgan fingerprint density at radius 1 is 1.07 bits per heavy atom. The first-order valence-electron chi connectivity index (χ1n) is 8.05. The van der Waals surface area contributed by atoms with Crippen LogP contribution in [0.5, 0.6) is 5.75 Å². The van der Waals surface area contributed by atoms with Gasteiger partial charge in [-0.2, -0.15) is 5.10 Å². The molecule has 2 aromatic carbocycles. The van der Waals surface area contributed by atoms with Gasteiger partial charge in [0.1, 0.15) is 29.7 Å². The summed E-state index contributed by atoms with van der Waals surface area (Å²) in [6.07, 6.45) is 0. The number of nitrogens with one attached hydrogen (secondary N) is 1. The maximum absolute atomic E-state index is 13.7. The quantitative estimate of drug-likeness (QED) is 0.723. The summed E-state index contributed by atoms with van der Waals surface area (Å²) in [5.41, 5.74) is -0.678. The molecule has 138 valence electrons. The number of carbonyl (C=O) groups is 1. The molecule has 6 nitrogen and oxygen atoms in total. The fraction of sp³-hybridized carbons (Fsp3) is 0.105. The van der Waals surface area contributed by atoms with Gasteiger partial charge in [0.25, 0.3) is 11.5 Å². The summed E-state index contributed by atoms with van der Waals surface area (Å²) in [5.74, 6) is -1.74. The highest BCUT2D eigenvalue weighted by molar-refractivity contribution is 6.02. The lowest BCUT2D eigenvalue weighted by atomic mass is 10.2. The van der Waals surface area contributed by atoms with Crippen LogP contribution in [0.1, 0.15) is 10.5 Å². The van der Waals surface area contributed by atoms with Crippen LogP contribution in [-0.2, 0) is 6.54 Å². The number of rotatable bonds is 6. The summed E-state index contributed by atoms with van der Waals surface area (Å²) in [4.78, 5) is 24.1. The smallest absolute Gasteiger partial charge is 0.276 e. The summed E-state index contributed by atoms with van der Waals surface area (Å²) in [6, 6.07) is 14.2. The fourth-order valence-electron chi connectivity index (χ4n) is 2.27. The number of ether oxygens (including phenoxy) is 1. The molecule has 0 aliphatic carbocycles. The summed E-state index contributed by atoms with van der Waals surface area (Å²) < 4.78 is 33.2. The summed E-state index contributed by atoms with van der Waals surface area (Å²) in [7, 11) is 0. The van der Waals surface area contributed by atoms with Crippen LogP contribution in [0.15, 0.2) is 65.5 Å². The molecule has 0 spiro atoms. The molecule has 27 heavy (non-hydrogen) atoms. The van der Waals surface area contributed by atoms with E-state index in [0.717, 1.165) is 16.8 Å². The second-order valence-electron chi connectivity index (χ2n) is 5.52. The van der Waals surface area contributed by atoms with Crippen molar-refractivity contribution in [2.45, 2.75) is 6.54 Å². The van der Waals surface area contributed by atoms with Crippen molar-refractivity contribution in [2.75, 3.05) is 11.9 Å². The van der Waals surface area contributed by atoms with Crippen molar-refractivity contribution in [3.8, 4) is 5.75 Å². The lowest BCUT2D eigenvalue weighted by Gasteiger charge is -2.09. The molecule has 3 rings (SSSR count). The molecule has 1 aromatic heterocycles. The topological polar surface area (TPSA) is 73.2 Å². The third-order valence-corrected chi connectivity index (χ3v) is 3.59. The van der Waals surface area contributed by atoms with Crippen LogP contribution in [-0.4, -0.2) is 22.3 Å². The van der Waals surface area contributed by atoms with Crippen molar-refractivity contribution in [3.63, 3.8) is 0 Å². The molecular formula is C19H15F2N3O3. The zero-order valence-electron chi connectivity index (χ0n) is 14.1. The lowest BCUT2D eigenvalue weighted by molar-refractivity contribution is 0.101. The summed E-state index contributed by atoms with van der Waals surface area (Å²) in [6.45, 7) is 0.300. The Morgan fingerprint density at radius 2 is 1.85 bits per heavy atom. The number of hydrogen-bond acceptors (Lipinski definition) is 4. The average Bonchev–Trinajstić information content (AvgIpc) is 2.66. The van der Waals surface area contributed by atoms with Gasteiger partial charge in [0.2, 0.25) is 0 Å². The van der Waals surface area contributed by atoms with E-state index in [1.807, 2.05) is 18.2 Å². The van der Waals surface area contributed by atoms with E-state index in [1.54, 1.807) is 12.1 Å². The molecule has 0 fully saturated rings. The van der Waals surface area contributed by atoms with Crippen molar-refractivity contribution in [1.82, 2.24) is 9.78 Å². The number of carbonyl (C=O) groups excluding carboxylic acids is 1. The molecular weight excluding hydrogens is 356 g/mol. The second kappa shape index (κ2) is 8.22. The Bertz CT molecular complexity index is 1010. The molecule has 0 unspecified atom stereocenters. The first-order valence-corrected chi connectivity index (χ1v) is 8.05. The van der Waals surface area contributed by atoms with Crippen molar-refractivity contribution >= 4 is 11.6 Å². The fourth-order valence-corrected chi connectivity index (χ4v) is 2.27. The van der Waals surface area contributed by atoms with Crippen LogP contribution < -0.4 is 15.6 Å². The molecule has 0 radical (unpaired) electrons. The van der Waals surface area contributed by atoms with Gasteiger partial charge in [0.15, 0.2) is 0 Å². The number of nitrogens with zero attached hydrogens (tertiary/aromatic N) is 2. The van der Waals surface area contributed by atoms with E-state index in [-0.39, 0.29) is 24.5 Å². The zero-order valence-corrected chi connectivity index (χ0v) is 14.1. The van der Waals surface area contributed by atoms with Crippen LogP contribution >= 0.6 is 0 Å². The van der Waals surface area contributed by atoms with Gasteiger partial charge in [-0.25, -0.2) is 13.5 Å². The van der Waals surface area contributed by atoms with E-state index in [9.17, 15) is 18.4 Å². The average molecular weight is 371 g/mol. The van der Waals surface area contributed by atoms with Crippen LogP contribution in [0.25, 0.3) is 0 Å². The van der Waals surface area contributed by atoms with Gasteiger partial charge in [-0.15, -0.1) is 0 Å². The third kappa shape index (κ3) is 4.75. The largest absolute Gasteiger partial charge is 0.492 e. The summed E-state index contributed by atoms with van der Waals surface area (Å²) in [5, 5.41) is 6.25. The summed E-state index contributed by atoms with van der Waals surface area (Å²) >= 11 is 0. The highest BCUT2D eigenvalue weighted by Gasteiger charge is 2.13. The van der Waals surface area contributed by atoms with E-state index in [0.29, 0.717) is 11.8 Å². The number of halogens is 2. The third-order valence-electron chi connectivity index (χ3n) is 3.59. The van der Waals surface area contributed by atoms with Gasteiger partial charge in [-0.05, 0) is 30.3 Å². The van der Waals surface area contributed by atoms with E-state index >= 15 is 0 Å². The van der Waals surface area contributed by atoms with Crippen LogP contribution in [0, 0.1) is 11.6 Å². The molecule has 3 aromatic rings. The van der Waals surface area contributed by atoms with Crippen molar-refractivity contribution < 1.29 is 18.3 Å². The van der Waals surface area contributed by atoms with Gasteiger partial charge >= 0.3 is 0 Å². The Kier molecular flexibility index (Phi) is 5.55. The van der Waals surface area contributed by atoms with Gasteiger partial charge in [-0.1, -0.05) is 18.2 Å². The minimum atomic E-state index is -0.909. The van der Waals surface area contributed by atoms with E-state index < -0.39 is 23.1 Å². The van der Waals surface area contributed by atoms with Crippen LogP contribution in [0.2, 0.25) is 0 Å². The molecule has 0 saturated carbocycles. The molecule has 0 aliphatic rings. The highest BCUT2D eigenvalue weighted by atomic mass is 19.1. The predicted molar refractivity (Wildman–Crippen MR) is 94.7 cm³/mol. The molecule has 0 bridgehead atoms. The van der Waals surface area contributed by atoms with E-state index in [2.05, 4.69) is 10.4 Å². The first-order chi connectivity index (χ1) is 13.0. The molecule has 0 atom stereocenters. The molecule has 1 heterocycles. The number of amides is 1. The van der Waals surface area contributed by atoms with Crippen LogP contribution in [0.4, 0.5) is 14.5 Å². The first kappa shape index (κ1) is 18.2. The van der Waals surface area contributed by atoms with Gasteiger partial charge < -0.3 is 10.1 Å².